The Bertz CT molecular complexity index is 376. The Morgan fingerprint density at radius 2 is 1.48 bits per heavy atom. The molecule has 0 aliphatic carbocycles. The van der Waals surface area contributed by atoms with Crippen LogP contribution in [0.2, 0.25) is 0 Å². The zero-order valence-corrected chi connectivity index (χ0v) is 14.7. The maximum atomic E-state index is 3.57. The van der Waals surface area contributed by atoms with Crippen molar-refractivity contribution in [2.24, 2.45) is 0 Å². The number of anilines is 1. The van der Waals surface area contributed by atoms with Crippen molar-refractivity contribution < 1.29 is 0 Å². The van der Waals surface area contributed by atoms with E-state index in [1.54, 1.807) is 0 Å². The molecule has 0 aromatic heterocycles. The van der Waals surface area contributed by atoms with Gasteiger partial charge in [-0.25, -0.2) is 0 Å². The molecule has 0 aliphatic rings. The smallest absolute Gasteiger partial charge is 0.0343 e. The molecule has 0 spiro atoms. The van der Waals surface area contributed by atoms with Crippen LogP contribution in [-0.2, 0) is 5.41 Å². The topological polar surface area (TPSA) is 12.0 Å². The lowest BCUT2D eigenvalue weighted by Crippen LogP contribution is -2.11. The van der Waals surface area contributed by atoms with Crippen LogP contribution < -0.4 is 5.32 Å². The zero-order valence-electron chi connectivity index (χ0n) is 14.7. The molecular formula is C20H35N. The van der Waals surface area contributed by atoms with Crippen LogP contribution in [0.15, 0.2) is 24.3 Å². The van der Waals surface area contributed by atoms with E-state index in [1.165, 1.54) is 62.6 Å². The van der Waals surface area contributed by atoms with Crippen LogP contribution in [0.4, 0.5) is 5.69 Å². The number of benzene rings is 1. The molecule has 0 aliphatic heterocycles. The molecule has 120 valence electrons. The molecule has 1 aromatic rings. The van der Waals surface area contributed by atoms with Crippen molar-refractivity contribution in [2.75, 3.05) is 11.9 Å². The third-order valence-electron chi connectivity index (χ3n) is 4.09. The quantitative estimate of drug-likeness (QED) is 0.482. The number of rotatable bonds is 10. The summed E-state index contributed by atoms with van der Waals surface area (Å²) in [5.41, 5.74) is 2.91. The number of hydrogen-bond acceptors (Lipinski definition) is 1. The second-order valence-corrected chi connectivity index (χ2v) is 7.23. The molecule has 1 rings (SSSR count). The molecule has 21 heavy (non-hydrogen) atoms. The maximum absolute atomic E-state index is 3.57. The lowest BCUT2D eigenvalue weighted by Gasteiger charge is -2.20. The van der Waals surface area contributed by atoms with Crippen LogP contribution in [0.25, 0.3) is 0 Å². The van der Waals surface area contributed by atoms with Crippen LogP contribution in [0.1, 0.15) is 84.6 Å². The van der Waals surface area contributed by atoms with Gasteiger partial charge in [-0.05, 0) is 29.5 Å². The van der Waals surface area contributed by atoms with Gasteiger partial charge in [0.25, 0.3) is 0 Å². The molecular weight excluding hydrogens is 254 g/mol. The SMILES string of the molecule is CCCCCCCCCCNc1cccc(C(C)(C)C)c1. The summed E-state index contributed by atoms with van der Waals surface area (Å²) in [5.74, 6) is 0. The minimum Gasteiger partial charge on any atom is -0.385 e. The highest BCUT2D eigenvalue weighted by Gasteiger charge is 2.13. The van der Waals surface area contributed by atoms with E-state index in [0.29, 0.717) is 0 Å². The van der Waals surface area contributed by atoms with E-state index in [-0.39, 0.29) is 5.41 Å². The molecule has 1 nitrogen and oxygen atoms in total. The number of unbranched alkanes of at least 4 members (excludes halogenated alkanes) is 7. The second-order valence-electron chi connectivity index (χ2n) is 7.23. The first-order chi connectivity index (χ1) is 10.0. The molecule has 1 heteroatoms. The van der Waals surface area contributed by atoms with Crippen LogP contribution in [-0.4, -0.2) is 6.54 Å². The van der Waals surface area contributed by atoms with Gasteiger partial charge in [0.2, 0.25) is 0 Å². The van der Waals surface area contributed by atoms with Gasteiger partial charge in [0.1, 0.15) is 0 Å². The van der Waals surface area contributed by atoms with E-state index in [1.807, 2.05) is 0 Å². The summed E-state index contributed by atoms with van der Waals surface area (Å²) >= 11 is 0. The summed E-state index contributed by atoms with van der Waals surface area (Å²) in [6.45, 7) is 10.2. The van der Waals surface area contributed by atoms with E-state index in [9.17, 15) is 0 Å². The van der Waals surface area contributed by atoms with Gasteiger partial charge in [0.15, 0.2) is 0 Å². The van der Waals surface area contributed by atoms with E-state index in [2.05, 4.69) is 57.3 Å². The summed E-state index contributed by atoms with van der Waals surface area (Å²) in [6, 6.07) is 8.86. The third-order valence-corrected chi connectivity index (χ3v) is 4.09. The minimum absolute atomic E-state index is 0.232. The monoisotopic (exact) mass is 289 g/mol. The van der Waals surface area contributed by atoms with Crippen molar-refractivity contribution in [1.82, 2.24) is 0 Å². The highest BCUT2D eigenvalue weighted by molar-refractivity contribution is 5.47. The molecule has 0 saturated heterocycles. The Balaban J connectivity index is 2.13. The molecule has 0 heterocycles. The minimum atomic E-state index is 0.232. The zero-order chi connectivity index (χ0) is 15.6. The average Bonchev–Trinajstić information content (AvgIpc) is 2.45. The van der Waals surface area contributed by atoms with Crippen molar-refractivity contribution in [1.29, 1.82) is 0 Å². The molecule has 0 saturated carbocycles. The Labute approximate surface area is 132 Å². The van der Waals surface area contributed by atoms with Crippen molar-refractivity contribution in [3.63, 3.8) is 0 Å². The molecule has 1 N–H and O–H groups in total. The summed E-state index contributed by atoms with van der Waals surface area (Å²) in [7, 11) is 0. The molecule has 0 fully saturated rings. The third kappa shape index (κ3) is 8.14. The van der Waals surface area contributed by atoms with Crippen LogP contribution >= 0.6 is 0 Å². The van der Waals surface area contributed by atoms with E-state index in [0.717, 1.165) is 6.54 Å². The van der Waals surface area contributed by atoms with Crippen molar-refractivity contribution in [3.05, 3.63) is 29.8 Å². The number of nitrogens with one attached hydrogen (secondary N) is 1. The van der Waals surface area contributed by atoms with E-state index in [4.69, 9.17) is 0 Å². The molecule has 0 radical (unpaired) electrons. The number of hydrogen-bond donors (Lipinski definition) is 1. The first-order valence-electron chi connectivity index (χ1n) is 8.88. The van der Waals surface area contributed by atoms with Crippen LogP contribution in [0.3, 0.4) is 0 Å². The summed E-state index contributed by atoms with van der Waals surface area (Å²) in [6.07, 6.45) is 11.1. The van der Waals surface area contributed by atoms with Crippen LogP contribution in [0.5, 0.6) is 0 Å². The maximum Gasteiger partial charge on any atom is 0.0343 e. The first-order valence-corrected chi connectivity index (χ1v) is 8.88. The Morgan fingerprint density at radius 3 is 2.10 bits per heavy atom. The fraction of sp³-hybridized carbons (Fsp3) is 0.700. The van der Waals surface area contributed by atoms with Gasteiger partial charge in [-0.3, -0.25) is 0 Å². The summed E-state index contributed by atoms with van der Waals surface area (Å²) < 4.78 is 0. The van der Waals surface area contributed by atoms with Gasteiger partial charge >= 0.3 is 0 Å². The van der Waals surface area contributed by atoms with Crippen molar-refractivity contribution >= 4 is 5.69 Å². The summed E-state index contributed by atoms with van der Waals surface area (Å²) in [4.78, 5) is 0. The van der Waals surface area contributed by atoms with E-state index < -0.39 is 0 Å². The highest BCUT2D eigenvalue weighted by Crippen LogP contribution is 2.24. The second kappa shape index (κ2) is 9.87. The lowest BCUT2D eigenvalue weighted by molar-refractivity contribution is 0.580. The van der Waals surface area contributed by atoms with Gasteiger partial charge in [-0.15, -0.1) is 0 Å². The van der Waals surface area contributed by atoms with Gasteiger partial charge in [0, 0.05) is 12.2 Å². The van der Waals surface area contributed by atoms with E-state index >= 15 is 0 Å². The highest BCUT2D eigenvalue weighted by atomic mass is 14.9. The fourth-order valence-electron chi connectivity index (χ4n) is 2.59. The Kier molecular flexibility index (Phi) is 8.49. The first kappa shape index (κ1) is 18.1. The Hall–Kier alpha value is -0.980. The largest absolute Gasteiger partial charge is 0.385 e. The molecule has 0 atom stereocenters. The predicted molar refractivity (Wildman–Crippen MR) is 96.2 cm³/mol. The van der Waals surface area contributed by atoms with Gasteiger partial charge in [0.05, 0.1) is 0 Å². The molecule has 0 bridgehead atoms. The van der Waals surface area contributed by atoms with Gasteiger partial charge in [-0.2, -0.15) is 0 Å². The van der Waals surface area contributed by atoms with Gasteiger partial charge in [-0.1, -0.05) is 84.8 Å². The average molecular weight is 290 g/mol. The summed E-state index contributed by atoms with van der Waals surface area (Å²) in [5, 5.41) is 3.57. The van der Waals surface area contributed by atoms with Crippen molar-refractivity contribution in [3.8, 4) is 0 Å². The predicted octanol–water partition coefficient (Wildman–Crippen LogP) is 6.54. The van der Waals surface area contributed by atoms with Crippen molar-refractivity contribution in [2.45, 2.75) is 84.5 Å². The Morgan fingerprint density at radius 1 is 0.857 bits per heavy atom. The molecule has 0 amide bonds. The normalized spacial score (nSPS) is 11.6. The fourth-order valence-corrected chi connectivity index (χ4v) is 2.59. The molecule has 0 unspecified atom stereocenters. The van der Waals surface area contributed by atoms with Crippen LogP contribution in [0, 0.1) is 0 Å². The standard InChI is InChI=1S/C20H35N/c1-5-6-7-8-9-10-11-12-16-21-19-15-13-14-18(17-19)20(2,3)4/h13-15,17,21H,5-12,16H2,1-4H3. The molecule has 1 aromatic carbocycles. The lowest BCUT2D eigenvalue weighted by atomic mass is 9.87. The van der Waals surface area contributed by atoms with Gasteiger partial charge < -0.3 is 5.32 Å².